The Morgan fingerprint density at radius 2 is 2.39 bits per heavy atom. The Labute approximate surface area is 104 Å². The van der Waals surface area contributed by atoms with E-state index < -0.39 is 0 Å². The van der Waals surface area contributed by atoms with Gasteiger partial charge in [-0.05, 0) is 18.2 Å². The Bertz CT molecular complexity index is 593. The topological polar surface area (TPSA) is 83.8 Å². The Morgan fingerprint density at radius 3 is 3.11 bits per heavy atom. The summed E-state index contributed by atoms with van der Waals surface area (Å²) in [5.74, 6) is 5.80. The quantitative estimate of drug-likeness (QED) is 0.684. The fourth-order valence-corrected chi connectivity index (χ4v) is 1.40. The van der Waals surface area contributed by atoms with Crippen LogP contribution in [-0.2, 0) is 0 Å². The number of hydrogen-bond acceptors (Lipinski definition) is 3. The summed E-state index contributed by atoms with van der Waals surface area (Å²) in [6.07, 6.45) is 3.21. The molecule has 0 unspecified atom stereocenters. The van der Waals surface area contributed by atoms with Gasteiger partial charge in [-0.3, -0.25) is 10.1 Å². The highest BCUT2D eigenvalue weighted by Crippen LogP contribution is 2.06. The number of amides is 1. The van der Waals surface area contributed by atoms with Gasteiger partial charge < -0.3 is 10.7 Å². The number of aromatic amines is 1. The fraction of sp³-hybridized carbons (Fsp3) is 0.0769. The molecule has 1 amide bonds. The molecule has 2 aromatic rings. The Hall–Kier alpha value is -2.58. The lowest BCUT2D eigenvalue weighted by Crippen LogP contribution is -2.12. The second-order valence-electron chi connectivity index (χ2n) is 3.48. The molecule has 0 aliphatic carbocycles. The molecule has 0 aliphatic heterocycles. The highest BCUT2D eigenvalue weighted by Gasteiger charge is 2.07. The van der Waals surface area contributed by atoms with Crippen molar-refractivity contribution in [2.45, 2.75) is 0 Å². The van der Waals surface area contributed by atoms with Crippen LogP contribution in [0.5, 0.6) is 0 Å². The predicted octanol–water partition coefficient (Wildman–Crippen LogP) is 0.972. The summed E-state index contributed by atoms with van der Waals surface area (Å²) in [6, 6.07) is 7.02. The minimum Gasteiger partial charge on any atom is -0.331 e. The number of H-pyrrole nitrogens is 1. The molecule has 0 saturated carbocycles. The molecule has 0 fully saturated rings. The molecular formula is C13H12N4O. The maximum Gasteiger partial charge on any atom is 0.258 e. The number of rotatable bonds is 2. The summed E-state index contributed by atoms with van der Waals surface area (Å²) >= 11 is 0. The molecule has 2 rings (SSSR count). The predicted molar refractivity (Wildman–Crippen MR) is 68.9 cm³/mol. The van der Waals surface area contributed by atoms with Crippen LogP contribution in [0.3, 0.4) is 0 Å². The Balaban J connectivity index is 2.15. The summed E-state index contributed by atoms with van der Waals surface area (Å²) < 4.78 is 0. The Morgan fingerprint density at radius 1 is 1.50 bits per heavy atom. The van der Waals surface area contributed by atoms with Crippen molar-refractivity contribution in [2.24, 2.45) is 5.73 Å². The highest BCUT2D eigenvalue weighted by atomic mass is 16.1. The number of imidazole rings is 1. The summed E-state index contributed by atoms with van der Waals surface area (Å²) in [5.41, 5.74) is 6.58. The zero-order valence-electron chi connectivity index (χ0n) is 9.60. The SMILES string of the molecule is NCC#Cc1cccc(C(=O)Nc2ncc[nH]2)c1. The number of anilines is 1. The largest absolute Gasteiger partial charge is 0.331 e. The van der Waals surface area contributed by atoms with Gasteiger partial charge in [0.1, 0.15) is 0 Å². The minimum atomic E-state index is -0.235. The van der Waals surface area contributed by atoms with Gasteiger partial charge in [-0.15, -0.1) is 0 Å². The number of nitrogens with two attached hydrogens (primary N) is 1. The average molecular weight is 240 g/mol. The molecule has 0 aliphatic rings. The summed E-state index contributed by atoms with van der Waals surface area (Å²) in [5, 5.41) is 2.64. The van der Waals surface area contributed by atoms with E-state index in [0.717, 1.165) is 5.56 Å². The van der Waals surface area contributed by atoms with Crippen LogP contribution in [0.1, 0.15) is 15.9 Å². The number of aromatic nitrogens is 2. The second kappa shape index (κ2) is 5.66. The molecular weight excluding hydrogens is 228 g/mol. The van der Waals surface area contributed by atoms with E-state index in [9.17, 15) is 4.79 Å². The van der Waals surface area contributed by atoms with Crippen LogP contribution in [-0.4, -0.2) is 22.4 Å². The van der Waals surface area contributed by atoms with Gasteiger partial charge in [0.2, 0.25) is 5.95 Å². The zero-order valence-corrected chi connectivity index (χ0v) is 9.60. The number of benzene rings is 1. The van der Waals surface area contributed by atoms with Gasteiger partial charge in [-0.2, -0.15) is 0 Å². The molecule has 1 heterocycles. The average Bonchev–Trinajstić information content (AvgIpc) is 2.89. The molecule has 0 spiro atoms. The van der Waals surface area contributed by atoms with Crippen molar-refractivity contribution in [1.29, 1.82) is 0 Å². The van der Waals surface area contributed by atoms with Crippen LogP contribution in [0.25, 0.3) is 0 Å². The Kier molecular flexibility index (Phi) is 3.74. The van der Waals surface area contributed by atoms with Crippen LogP contribution in [0.15, 0.2) is 36.7 Å². The fourth-order valence-electron chi connectivity index (χ4n) is 1.40. The molecule has 0 saturated heterocycles. The molecule has 5 heteroatoms. The summed E-state index contributed by atoms with van der Waals surface area (Å²) in [4.78, 5) is 18.6. The standard InChI is InChI=1S/C13H12N4O/c14-6-2-4-10-3-1-5-11(9-10)12(18)17-13-15-7-8-16-13/h1,3,5,7-9H,6,14H2,(H2,15,16,17,18). The second-order valence-corrected chi connectivity index (χ2v) is 3.48. The van der Waals surface area contributed by atoms with Crippen LogP contribution in [0, 0.1) is 11.8 Å². The first-order valence-electron chi connectivity index (χ1n) is 5.39. The lowest BCUT2D eigenvalue weighted by molar-refractivity contribution is 0.102. The lowest BCUT2D eigenvalue weighted by Gasteiger charge is -2.02. The first-order valence-corrected chi connectivity index (χ1v) is 5.39. The molecule has 18 heavy (non-hydrogen) atoms. The molecule has 0 radical (unpaired) electrons. The van der Waals surface area contributed by atoms with Crippen LogP contribution in [0.4, 0.5) is 5.95 Å². The third kappa shape index (κ3) is 2.97. The smallest absolute Gasteiger partial charge is 0.258 e. The van der Waals surface area contributed by atoms with E-state index >= 15 is 0 Å². The lowest BCUT2D eigenvalue weighted by atomic mass is 10.1. The van der Waals surface area contributed by atoms with Gasteiger partial charge in [0.05, 0.1) is 6.54 Å². The summed E-state index contributed by atoms with van der Waals surface area (Å²) in [6.45, 7) is 0.294. The number of hydrogen-bond donors (Lipinski definition) is 3. The van der Waals surface area contributed by atoms with Crippen molar-refractivity contribution >= 4 is 11.9 Å². The first kappa shape index (κ1) is 11.9. The number of nitrogens with zero attached hydrogens (tertiary/aromatic N) is 1. The van der Waals surface area contributed by atoms with E-state index in [-0.39, 0.29) is 5.91 Å². The van der Waals surface area contributed by atoms with Crippen molar-refractivity contribution in [3.8, 4) is 11.8 Å². The number of nitrogens with one attached hydrogen (secondary N) is 2. The highest BCUT2D eigenvalue weighted by molar-refractivity contribution is 6.03. The van der Waals surface area contributed by atoms with E-state index in [1.807, 2.05) is 6.07 Å². The molecule has 0 atom stereocenters. The minimum absolute atomic E-state index is 0.235. The normalized spacial score (nSPS) is 9.39. The van der Waals surface area contributed by atoms with E-state index in [1.165, 1.54) is 0 Å². The van der Waals surface area contributed by atoms with Crippen LogP contribution >= 0.6 is 0 Å². The molecule has 1 aromatic heterocycles. The van der Waals surface area contributed by atoms with E-state index in [0.29, 0.717) is 18.1 Å². The van der Waals surface area contributed by atoms with Gasteiger partial charge in [-0.1, -0.05) is 17.9 Å². The molecule has 90 valence electrons. The van der Waals surface area contributed by atoms with Crippen molar-refractivity contribution < 1.29 is 4.79 Å². The third-order valence-corrected chi connectivity index (χ3v) is 2.19. The number of carbonyl (C=O) groups is 1. The maximum absolute atomic E-state index is 11.9. The van der Waals surface area contributed by atoms with Gasteiger partial charge in [0, 0.05) is 23.5 Å². The van der Waals surface area contributed by atoms with Crippen LogP contribution < -0.4 is 11.1 Å². The van der Waals surface area contributed by atoms with Gasteiger partial charge in [-0.25, -0.2) is 4.98 Å². The summed E-state index contributed by atoms with van der Waals surface area (Å²) in [7, 11) is 0. The van der Waals surface area contributed by atoms with E-state index in [4.69, 9.17) is 5.73 Å². The molecule has 0 bridgehead atoms. The zero-order chi connectivity index (χ0) is 12.8. The van der Waals surface area contributed by atoms with Crippen LogP contribution in [0.2, 0.25) is 0 Å². The van der Waals surface area contributed by atoms with E-state index in [2.05, 4.69) is 27.1 Å². The molecule has 1 aromatic carbocycles. The van der Waals surface area contributed by atoms with Crippen molar-refractivity contribution in [3.63, 3.8) is 0 Å². The van der Waals surface area contributed by atoms with Gasteiger partial charge >= 0.3 is 0 Å². The maximum atomic E-state index is 11.9. The first-order chi connectivity index (χ1) is 8.79. The van der Waals surface area contributed by atoms with Gasteiger partial charge in [0.25, 0.3) is 5.91 Å². The monoisotopic (exact) mass is 240 g/mol. The number of carbonyl (C=O) groups excluding carboxylic acids is 1. The molecule has 5 nitrogen and oxygen atoms in total. The van der Waals surface area contributed by atoms with Gasteiger partial charge in [0.15, 0.2) is 0 Å². The third-order valence-electron chi connectivity index (χ3n) is 2.19. The van der Waals surface area contributed by atoms with E-state index in [1.54, 1.807) is 30.6 Å². The van der Waals surface area contributed by atoms with Crippen molar-refractivity contribution in [3.05, 3.63) is 47.8 Å². The van der Waals surface area contributed by atoms with Crippen molar-refractivity contribution in [1.82, 2.24) is 9.97 Å². The molecule has 4 N–H and O–H groups in total. The van der Waals surface area contributed by atoms with Crippen molar-refractivity contribution in [2.75, 3.05) is 11.9 Å².